The lowest BCUT2D eigenvalue weighted by Crippen LogP contribution is -1.96. The van der Waals surface area contributed by atoms with Crippen LogP contribution in [0.1, 0.15) is 17.4 Å². The molecule has 1 aromatic heterocycles. The van der Waals surface area contributed by atoms with Crippen molar-refractivity contribution >= 4 is 22.6 Å². The standard InChI is InChI=1S/C15H11ClO2/c16-12-6-7-13-11(8-12)9-14(18-13)15(17)10-4-2-1-3-5-10/h1-9,15,17H. The lowest BCUT2D eigenvalue weighted by atomic mass is 10.1. The van der Waals surface area contributed by atoms with E-state index in [-0.39, 0.29) is 0 Å². The number of aliphatic hydroxyl groups is 1. The maximum atomic E-state index is 10.2. The highest BCUT2D eigenvalue weighted by molar-refractivity contribution is 6.31. The van der Waals surface area contributed by atoms with Crippen LogP contribution in [0.5, 0.6) is 0 Å². The van der Waals surface area contributed by atoms with Crippen LogP contribution in [0.4, 0.5) is 0 Å². The molecule has 0 aliphatic carbocycles. The second-order valence-electron chi connectivity index (χ2n) is 4.14. The van der Waals surface area contributed by atoms with Gasteiger partial charge in [0.05, 0.1) is 0 Å². The van der Waals surface area contributed by atoms with Gasteiger partial charge < -0.3 is 9.52 Å². The third-order valence-electron chi connectivity index (χ3n) is 2.88. The van der Waals surface area contributed by atoms with Gasteiger partial charge in [-0.1, -0.05) is 41.9 Å². The van der Waals surface area contributed by atoms with E-state index in [9.17, 15) is 5.11 Å². The molecule has 0 bridgehead atoms. The molecule has 0 radical (unpaired) electrons. The van der Waals surface area contributed by atoms with Gasteiger partial charge >= 0.3 is 0 Å². The third kappa shape index (κ3) is 2.01. The molecule has 3 aromatic rings. The van der Waals surface area contributed by atoms with Gasteiger partial charge in [0.15, 0.2) is 0 Å². The van der Waals surface area contributed by atoms with Crippen molar-refractivity contribution in [2.45, 2.75) is 6.10 Å². The van der Waals surface area contributed by atoms with Gasteiger partial charge in [-0.05, 0) is 29.8 Å². The highest BCUT2D eigenvalue weighted by Gasteiger charge is 2.15. The van der Waals surface area contributed by atoms with Crippen molar-refractivity contribution in [1.82, 2.24) is 0 Å². The molecule has 1 atom stereocenters. The number of fused-ring (bicyclic) bond motifs is 1. The number of furan rings is 1. The lowest BCUT2D eigenvalue weighted by Gasteiger charge is -2.06. The average molecular weight is 259 g/mol. The molecule has 0 aliphatic heterocycles. The summed E-state index contributed by atoms with van der Waals surface area (Å²) < 4.78 is 5.63. The summed E-state index contributed by atoms with van der Waals surface area (Å²) in [7, 11) is 0. The van der Waals surface area contributed by atoms with E-state index in [0.717, 1.165) is 16.5 Å². The second kappa shape index (κ2) is 4.48. The highest BCUT2D eigenvalue weighted by atomic mass is 35.5. The molecule has 2 aromatic carbocycles. The Morgan fingerprint density at radius 1 is 1.00 bits per heavy atom. The van der Waals surface area contributed by atoms with Crippen LogP contribution in [0.25, 0.3) is 11.0 Å². The first-order valence-electron chi connectivity index (χ1n) is 5.66. The minimum atomic E-state index is -0.752. The topological polar surface area (TPSA) is 33.4 Å². The normalized spacial score (nSPS) is 12.8. The third-order valence-corrected chi connectivity index (χ3v) is 3.12. The molecule has 1 heterocycles. The van der Waals surface area contributed by atoms with Crippen LogP contribution in [-0.2, 0) is 0 Å². The van der Waals surface area contributed by atoms with Crippen LogP contribution in [0, 0.1) is 0 Å². The first-order chi connectivity index (χ1) is 8.74. The quantitative estimate of drug-likeness (QED) is 0.748. The van der Waals surface area contributed by atoms with E-state index in [0.29, 0.717) is 10.8 Å². The largest absolute Gasteiger partial charge is 0.458 e. The van der Waals surface area contributed by atoms with Crippen LogP contribution in [-0.4, -0.2) is 5.11 Å². The van der Waals surface area contributed by atoms with Gasteiger partial charge in [0.2, 0.25) is 0 Å². The van der Waals surface area contributed by atoms with Gasteiger partial charge in [-0.25, -0.2) is 0 Å². The van der Waals surface area contributed by atoms with E-state index in [1.54, 1.807) is 12.1 Å². The molecule has 1 unspecified atom stereocenters. The van der Waals surface area contributed by atoms with E-state index in [2.05, 4.69) is 0 Å². The monoisotopic (exact) mass is 258 g/mol. The van der Waals surface area contributed by atoms with Gasteiger partial charge in [0, 0.05) is 10.4 Å². The zero-order valence-corrected chi connectivity index (χ0v) is 10.3. The first kappa shape index (κ1) is 11.3. The van der Waals surface area contributed by atoms with Crippen molar-refractivity contribution < 1.29 is 9.52 Å². The molecule has 0 saturated heterocycles. The zero-order chi connectivity index (χ0) is 12.5. The molecule has 0 spiro atoms. The maximum Gasteiger partial charge on any atom is 0.138 e. The van der Waals surface area contributed by atoms with Gasteiger partial charge in [-0.15, -0.1) is 0 Å². The summed E-state index contributed by atoms with van der Waals surface area (Å²) in [6.45, 7) is 0. The minimum absolute atomic E-state index is 0.526. The second-order valence-corrected chi connectivity index (χ2v) is 4.58. The Balaban J connectivity index is 2.04. The molecule has 90 valence electrons. The summed E-state index contributed by atoms with van der Waals surface area (Å²) in [5.41, 5.74) is 1.53. The average Bonchev–Trinajstić information content (AvgIpc) is 2.81. The molecule has 3 heteroatoms. The Morgan fingerprint density at radius 3 is 2.56 bits per heavy atom. The number of rotatable bonds is 2. The molecule has 18 heavy (non-hydrogen) atoms. The van der Waals surface area contributed by atoms with Crippen LogP contribution in [0.3, 0.4) is 0 Å². The Labute approximate surface area is 109 Å². The smallest absolute Gasteiger partial charge is 0.138 e. The molecule has 1 N–H and O–H groups in total. The first-order valence-corrected chi connectivity index (χ1v) is 6.04. The van der Waals surface area contributed by atoms with Crippen molar-refractivity contribution in [2.24, 2.45) is 0 Å². The summed E-state index contributed by atoms with van der Waals surface area (Å²) in [5, 5.41) is 11.8. The molecular formula is C15H11ClO2. The van der Waals surface area contributed by atoms with Gasteiger partial charge in [0.1, 0.15) is 17.4 Å². The number of hydrogen-bond donors (Lipinski definition) is 1. The van der Waals surface area contributed by atoms with Gasteiger partial charge in [-0.3, -0.25) is 0 Å². The summed E-state index contributed by atoms with van der Waals surface area (Å²) in [6, 6.07) is 16.6. The van der Waals surface area contributed by atoms with Crippen molar-refractivity contribution in [3.8, 4) is 0 Å². The van der Waals surface area contributed by atoms with Gasteiger partial charge in [0.25, 0.3) is 0 Å². The maximum absolute atomic E-state index is 10.2. The predicted octanol–water partition coefficient (Wildman–Crippen LogP) is 4.17. The molecule has 0 amide bonds. The number of benzene rings is 2. The predicted molar refractivity (Wildman–Crippen MR) is 71.7 cm³/mol. The fourth-order valence-electron chi connectivity index (χ4n) is 1.97. The fourth-order valence-corrected chi connectivity index (χ4v) is 2.15. The Hall–Kier alpha value is -1.77. The van der Waals surface area contributed by atoms with Crippen LogP contribution < -0.4 is 0 Å². The van der Waals surface area contributed by atoms with Crippen molar-refractivity contribution in [1.29, 1.82) is 0 Å². The SMILES string of the molecule is OC(c1ccccc1)c1cc2cc(Cl)ccc2o1. The lowest BCUT2D eigenvalue weighted by molar-refractivity contribution is 0.192. The molecule has 0 saturated carbocycles. The van der Waals surface area contributed by atoms with Crippen LogP contribution >= 0.6 is 11.6 Å². The molecular weight excluding hydrogens is 248 g/mol. The van der Waals surface area contributed by atoms with E-state index < -0.39 is 6.10 Å². The number of hydrogen-bond acceptors (Lipinski definition) is 2. The molecule has 0 fully saturated rings. The molecule has 2 nitrogen and oxygen atoms in total. The van der Waals surface area contributed by atoms with Crippen molar-refractivity contribution in [2.75, 3.05) is 0 Å². The van der Waals surface area contributed by atoms with E-state index >= 15 is 0 Å². The number of aliphatic hydroxyl groups excluding tert-OH is 1. The van der Waals surface area contributed by atoms with Gasteiger partial charge in [-0.2, -0.15) is 0 Å². The summed E-state index contributed by atoms with van der Waals surface area (Å²) >= 11 is 5.92. The Kier molecular flexibility index (Phi) is 2.82. The minimum Gasteiger partial charge on any atom is -0.458 e. The van der Waals surface area contributed by atoms with Crippen molar-refractivity contribution in [3.05, 3.63) is 70.9 Å². The van der Waals surface area contributed by atoms with Crippen LogP contribution in [0.15, 0.2) is 59.0 Å². The zero-order valence-electron chi connectivity index (χ0n) is 9.51. The Morgan fingerprint density at radius 2 is 1.78 bits per heavy atom. The number of halogens is 1. The summed E-state index contributed by atoms with van der Waals surface area (Å²) in [5.74, 6) is 0.526. The molecule has 3 rings (SSSR count). The van der Waals surface area contributed by atoms with Crippen LogP contribution in [0.2, 0.25) is 5.02 Å². The Bertz CT molecular complexity index is 673. The molecule has 0 aliphatic rings. The fraction of sp³-hybridized carbons (Fsp3) is 0.0667. The summed E-state index contributed by atoms with van der Waals surface area (Å²) in [4.78, 5) is 0. The highest BCUT2D eigenvalue weighted by Crippen LogP contribution is 2.29. The van der Waals surface area contributed by atoms with E-state index in [1.165, 1.54) is 0 Å². The van der Waals surface area contributed by atoms with E-state index in [4.69, 9.17) is 16.0 Å². The summed E-state index contributed by atoms with van der Waals surface area (Å²) in [6.07, 6.45) is -0.752. The van der Waals surface area contributed by atoms with Crippen molar-refractivity contribution in [3.63, 3.8) is 0 Å². The van der Waals surface area contributed by atoms with E-state index in [1.807, 2.05) is 42.5 Å².